The molecule has 7 nitrogen and oxygen atoms in total. The number of fused-ring (bicyclic) bond motifs is 4. The van der Waals surface area contributed by atoms with Crippen LogP contribution in [0.25, 0.3) is 0 Å². The molecule has 0 aromatic carbocycles. The van der Waals surface area contributed by atoms with Gasteiger partial charge in [0.05, 0.1) is 17.8 Å². The van der Waals surface area contributed by atoms with Gasteiger partial charge in [0.1, 0.15) is 0 Å². The van der Waals surface area contributed by atoms with E-state index < -0.39 is 10.2 Å². The van der Waals surface area contributed by atoms with Gasteiger partial charge >= 0.3 is 0 Å². The Balaban J connectivity index is 1.67. The third kappa shape index (κ3) is 3.71. The van der Waals surface area contributed by atoms with E-state index in [9.17, 15) is 8.42 Å². The van der Waals surface area contributed by atoms with E-state index in [0.29, 0.717) is 24.0 Å². The minimum Gasteiger partial charge on any atom is -0.297 e. The summed E-state index contributed by atoms with van der Waals surface area (Å²) >= 11 is 5.90. The molecule has 3 saturated heterocycles. The lowest BCUT2D eigenvalue weighted by Gasteiger charge is -2.36. The molecule has 2 atom stereocenters. The molecule has 0 spiro atoms. The first kappa shape index (κ1) is 17.2. The summed E-state index contributed by atoms with van der Waals surface area (Å²) in [5, 5.41) is 4.85. The quantitative estimate of drug-likeness (QED) is 0.776. The zero-order valence-electron chi connectivity index (χ0n) is 13.6. The van der Waals surface area contributed by atoms with E-state index >= 15 is 0 Å². The number of hydrogen-bond donors (Lipinski definition) is 0. The second-order valence-corrected chi connectivity index (χ2v) is 9.20. The third-order valence-corrected chi connectivity index (χ3v) is 6.87. The fourth-order valence-electron chi connectivity index (χ4n) is 3.52. The van der Waals surface area contributed by atoms with Crippen LogP contribution in [0.5, 0.6) is 0 Å². The zero-order valence-corrected chi connectivity index (χ0v) is 15.2. The fourth-order valence-corrected chi connectivity index (χ4v) is 4.90. The lowest BCUT2D eigenvalue weighted by molar-refractivity contribution is 0.127. The Labute approximate surface area is 143 Å². The largest absolute Gasteiger partial charge is 0.297 e. The maximum absolute atomic E-state index is 12.5. The van der Waals surface area contributed by atoms with Gasteiger partial charge in [0.2, 0.25) is 0 Å². The average Bonchev–Trinajstić information content (AvgIpc) is 2.72. The van der Waals surface area contributed by atoms with Gasteiger partial charge in [0.15, 0.2) is 0 Å². The van der Waals surface area contributed by atoms with Crippen molar-refractivity contribution in [3.05, 3.63) is 17.4 Å². The predicted molar refractivity (Wildman–Crippen MR) is 89.5 cm³/mol. The maximum atomic E-state index is 12.5. The summed E-state index contributed by atoms with van der Waals surface area (Å²) in [6.07, 6.45) is 5.63. The highest BCUT2D eigenvalue weighted by molar-refractivity contribution is 7.86. The number of piperidine rings is 1. The monoisotopic (exact) mass is 361 g/mol. The van der Waals surface area contributed by atoms with Crippen molar-refractivity contribution < 1.29 is 8.42 Å². The van der Waals surface area contributed by atoms with Crippen molar-refractivity contribution in [2.45, 2.75) is 25.4 Å². The molecular weight excluding hydrogens is 338 g/mol. The summed E-state index contributed by atoms with van der Waals surface area (Å²) in [6, 6.07) is 0.287. The van der Waals surface area contributed by atoms with Crippen LogP contribution in [0.2, 0.25) is 5.02 Å². The molecule has 0 aliphatic carbocycles. The Morgan fingerprint density at radius 2 is 2.04 bits per heavy atom. The molecular formula is C14H24ClN5O2S. The van der Waals surface area contributed by atoms with E-state index in [1.54, 1.807) is 24.6 Å². The Kier molecular flexibility index (Phi) is 4.98. The Hall–Kier alpha value is -0.670. The number of aromatic nitrogens is 2. The van der Waals surface area contributed by atoms with Crippen molar-refractivity contribution in [1.29, 1.82) is 0 Å². The Morgan fingerprint density at radius 1 is 1.26 bits per heavy atom. The van der Waals surface area contributed by atoms with E-state index in [-0.39, 0.29) is 6.04 Å². The summed E-state index contributed by atoms with van der Waals surface area (Å²) in [5.74, 6) is 0.407. The van der Waals surface area contributed by atoms with Gasteiger partial charge in [-0.05, 0) is 18.8 Å². The molecule has 3 fully saturated rings. The van der Waals surface area contributed by atoms with Crippen molar-refractivity contribution in [1.82, 2.24) is 23.3 Å². The molecule has 4 heterocycles. The molecule has 9 heteroatoms. The molecule has 3 aliphatic rings. The number of rotatable bonds is 5. The topological polar surface area (TPSA) is 61.7 Å². The van der Waals surface area contributed by atoms with E-state index in [4.69, 9.17) is 11.6 Å². The Bertz CT molecular complexity index is 647. The van der Waals surface area contributed by atoms with Crippen molar-refractivity contribution in [3.63, 3.8) is 0 Å². The highest BCUT2D eigenvalue weighted by Crippen LogP contribution is 2.29. The summed E-state index contributed by atoms with van der Waals surface area (Å²) < 4.78 is 29.7. The highest BCUT2D eigenvalue weighted by Gasteiger charge is 2.39. The van der Waals surface area contributed by atoms with Gasteiger partial charge < -0.3 is 0 Å². The van der Waals surface area contributed by atoms with E-state index in [1.165, 1.54) is 4.31 Å². The number of hydrogen-bond acceptors (Lipinski definition) is 4. The molecule has 1 aromatic heterocycles. The number of halogens is 1. The molecule has 23 heavy (non-hydrogen) atoms. The summed E-state index contributed by atoms with van der Waals surface area (Å²) in [7, 11) is -0.134. The van der Waals surface area contributed by atoms with Gasteiger partial charge in [-0.25, -0.2) is 0 Å². The molecule has 0 N–H and O–H groups in total. The molecule has 130 valence electrons. The zero-order chi connectivity index (χ0) is 16.6. The van der Waals surface area contributed by atoms with E-state index in [2.05, 4.69) is 10.00 Å². The van der Waals surface area contributed by atoms with Crippen LogP contribution in [0.4, 0.5) is 0 Å². The van der Waals surface area contributed by atoms with Crippen LogP contribution in [0.3, 0.4) is 0 Å². The van der Waals surface area contributed by atoms with Crippen LogP contribution in [0.15, 0.2) is 12.4 Å². The average molecular weight is 362 g/mol. The Morgan fingerprint density at radius 3 is 2.70 bits per heavy atom. The molecule has 3 aliphatic heterocycles. The van der Waals surface area contributed by atoms with Crippen molar-refractivity contribution in [2.75, 3.05) is 40.3 Å². The summed E-state index contributed by atoms with van der Waals surface area (Å²) in [5.41, 5.74) is 0. The number of nitrogens with zero attached hydrogens (tertiary/aromatic N) is 5. The predicted octanol–water partition coefficient (Wildman–Crippen LogP) is 0.739. The van der Waals surface area contributed by atoms with Crippen molar-refractivity contribution in [3.8, 4) is 0 Å². The van der Waals surface area contributed by atoms with Gasteiger partial charge in [0.25, 0.3) is 10.2 Å². The van der Waals surface area contributed by atoms with Gasteiger partial charge in [-0.15, -0.1) is 0 Å². The maximum Gasteiger partial charge on any atom is 0.281 e. The van der Waals surface area contributed by atoms with E-state index in [0.717, 1.165) is 32.5 Å². The highest BCUT2D eigenvalue weighted by atomic mass is 35.5. The van der Waals surface area contributed by atoms with E-state index in [1.807, 2.05) is 10.9 Å². The first-order chi connectivity index (χ1) is 10.9. The first-order valence-corrected chi connectivity index (χ1v) is 9.73. The summed E-state index contributed by atoms with van der Waals surface area (Å²) in [6.45, 7) is 3.81. The SMILES string of the molecule is CN(C)S(=O)(=O)N1C[C@H]2CC[C@@H](C1)N(CCn1cc(Cl)cn1)C2. The van der Waals surface area contributed by atoms with Crippen molar-refractivity contribution in [2.24, 2.45) is 5.92 Å². The summed E-state index contributed by atoms with van der Waals surface area (Å²) in [4.78, 5) is 2.41. The lowest BCUT2D eigenvalue weighted by atomic mass is 9.95. The van der Waals surface area contributed by atoms with Crippen LogP contribution >= 0.6 is 11.6 Å². The molecule has 2 bridgehead atoms. The van der Waals surface area contributed by atoms with Gasteiger partial charge in [-0.2, -0.15) is 22.1 Å². The minimum atomic E-state index is -3.33. The van der Waals surface area contributed by atoms with Gasteiger partial charge in [0, 0.05) is 52.5 Å². The van der Waals surface area contributed by atoms with Gasteiger partial charge in [-0.3, -0.25) is 9.58 Å². The smallest absolute Gasteiger partial charge is 0.281 e. The minimum absolute atomic E-state index is 0.287. The standard InChI is InChI=1S/C14H24ClN5O2S/c1-17(2)23(21,22)20-9-12-3-4-14(11-20)18(8-12)5-6-19-10-13(15)7-16-19/h7,10,12,14H,3-6,8-9,11H2,1-2H3/t12-,14-/m0/s1. The molecule has 4 rings (SSSR count). The molecule has 0 unspecified atom stereocenters. The molecule has 0 amide bonds. The van der Waals surface area contributed by atoms with Crippen LogP contribution < -0.4 is 0 Å². The second-order valence-electron chi connectivity index (χ2n) is 6.62. The molecule has 1 aromatic rings. The molecule has 0 saturated carbocycles. The molecule has 0 radical (unpaired) electrons. The van der Waals surface area contributed by atoms with Crippen LogP contribution in [0, 0.1) is 5.92 Å². The van der Waals surface area contributed by atoms with Crippen LogP contribution in [-0.2, 0) is 16.8 Å². The third-order valence-electron chi connectivity index (χ3n) is 4.80. The van der Waals surface area contributed by atoms with Crippen LogP contribution in [-0.4, -0.2) is 78.0 Å². The lowest BCUT2D eigenvalue weighted by Crippen LogP contribution is -2.47. The normalized spacial score (nSPS) is 26.8. The second kappa shape index (κ2) is 6.68. The first-order valence-electron chi connectivity index (χ1n) is 7.96. The fraction of sp³-hybridized carbons (Fsp3) is 0.786. The van der Waals surface area contributed by atoms with Crippen molar-refractivity contribution >= 4 is 21.8 Å². The van der Waals surface area contributed by atoms with Crippen LogP contribution in [0.1, 0.15) is 12.8 Å². The van der Waals surface area contributed by atoms with Gasteiger partial charge in [-0.1, -0.05) is 11.6 Å².